The molecule has 3 aromatic heterocycles. The zero-order valence-electron chi connectivity index (χ0n) is 11.0. The first-order valence-corrected chi connectivity index (χ1v) is 7.10. The molecule has 0 saturated carbocycles. The fraction of sp³-hybridized carbons (Fsp3) is 0.0714. The molecule has 0 radical (unpaired) electrons. The number of pyridine rings is 1. The molecule has 1 aromatic carbocycles. The van der Waals surface area contributed by atoms with E-state index in [4.69, 9.17) is 0 Å². The molecule has 0 aliphatic carbocycles. The fourth-order valence-electron chi connectivity index (χ4n) is 2.30. The first kappa shape index (κ1) is 12.1. The van der Waals surface area contributed by atoms with Crippen LogP contribution in [0.15, 0.2) is 41.3 Å². The van der Waals surface area contributed by atoms with E-state index in [1.165, 1.54) is 11.3 Å². The number of benzene rings is 1. The molecule has 4 aromatic rings. The monoisotopic (exact) mass is 295 g/mol. The van der Waals surface area contributed by atoms with Gasteiger partial charge in [-0.25, -0.2) is 9.67 Å². The quantitative estimate of drug-likeness (QED) is 0.502. The SMILES string of the molecule is Cn1nnnc1-c1ccc2sc3ncccc3c(=O)c2c1. The molecular weight excluding hydrogens is 286 g/mol. The number of tetrazole rings is 1. The van der Waals surface area contributed by atoms with E-state index < -0.39 is 0 Å². The highest BCUT2D eigenvalue weighted by Gasteiger charge is 2.10. The third kappa shape index (κ3) is 1.82. The molecule has 0 aliphatic rings. The van der Waals surface area contributed by atoms with Crippen LogP contribution >= 0.6 is 11.3 Å². The van der Waals surface area contributed by atoms with Crippen molar-refractivity contribution in [2.75, 3.05) is 0 Å². The second-order valence-corrected chi connectivity index (χ2v) is 5.65. The van der Waals surface area contributed by atoms with Crippen molar-refractivity contribution in [3.05, 3.63) is 46.8 Å². The van der Waals surface area contributed by atoms with Gasteiger partial charge in [0.1, 0.15) is 4.83 Å². The molecule has 0 spiro atoms. The highest BCUT2D eigenvalue weighted by atomic mass is 32.1. The Morgan fingerprint density at radius 3 is 2.90 bits per heavy atom. The summed E-state index contributed by atoms with van der Waals surface area (Å²) in [5.41, 5.74) is 0.811. The molecule has 0 fully saturated rings. The predicted molar refractivity (Wildman–Crippen MR) is 81.2 cm³/mol. The maximum atomic E-state index is 12.6. The summed E-state index contributed by atoms with van der Waals surface area (Å²) in [6.45, 7) is 0. The topological polar surface area (TPSA) is 73.6 Å². The minimum atomic E-state index is -0.0103. The molecule has 0 saturated heterocycles. The third-order valence-corrected chi connectivity index (χ3v) is 4.42. The van der Waals surface area contributed by atoms with Crippen LogP contribution in [0.2, 0.25) is 0 Å². The molecule has 0 atom stereocenters. The van der Waals surface area contributed by atoms with Crippen LogP contribution in [-0.2, 0) is 7.05 Å². The molecule has 7 heteroatoms. The Hall–Kier alpha value is -2.67. The van der Waals surface area contributed by atoms with E-state index in [9.17, 15) is 4.79 Å². The van der Waals surface area contributed by atoms with Gasteiger partial charge in [0.2, 0.25) is 0 Å². The minimum absolute atomic E-state index is 0.0103. The van der Waals surface area contributed by atoms with Gasteiger partial charge < -0.3 is 0 Å². The average molecular weight is 295 g/mol. The first-order valence-electron chi connectivity index (χ1n) is 6.28. The summed E-state index contributed by atoms with van der Waals surface area (Å²) in [6, 6.07) is 9.25. The molecule has 102 valence electrons. The van der Waals surface area contributed by atoms with E-state index in [0.717, 1.165) is 15.1 Å². The van der Waals surface area contributed by atoms with Crippen LogP contribution in [0.25, 0.3) is 31.7 Å². The van der Waals surface area contributed by atoms with Crippen molar-refractivity contribution in [2.24, 2.45) is 7.05 Å². The molecule has 6 nitrogen and oxygen atoms in total. The Balaban J connectivity index is 2.08. The molecule has 3 heterocycles. The normalized spacial score (nSPS) is 11.3. The summed E-state index contributed by atoms with van der Waals surface area (Å²) < 4.78 is 2.49. The van der Waals surface area contributed by atoms with Crippen molar-refractivity contribution in [2.45, 2.75) is 0 Å². The molecule has 0 bridgehead atoms. The zero-order valence-corrected chi connectivity index (χ0v) is 11.8. The van der Waals surface area contributed by atoms with Gasteiger partial charge in [0.25, 0.3) is 0 Å². The Morgan fingerprint density at radius 2 is 2.10 bits per heavy atom. The highest BCUT2D eigenvalue weighted by Crippen LogP contribution is 2.26. The number of aryl methyl sites for hydroxylation is 1. The molecule has 0 N–H and O–H groups in total. The third-order valence-electron chi connectivity index (χ3n) is 3.32. The maximum Gasteiger partial charge on any atom is 0.197 e. The van der Waals surface area contributed by atoms with Crippen LogP contribution in [0.5, 0.6) is 0 Å². The predicted octanol–water partition coefficient (Wildman–Crippen LogP) is 2.00. The summed E-state index contributed by atoms with van der Waals surface area (Å²) in [7, 11) is 1.77. The number of aromatic nitrogens is 5. The largest absolute Gasteiger partial charge is 0.288 e. The van der Waals surface area contributed by atoms with Gasteiger partial charge in [0.05, 0.1) is 5.39 Å². The summed E-state index contributed by atoms with van der Waals surface area (Å²) in [5.74, 6) is 0.632. The Labute approximate surface area is 122 Å². The number of hydrogen-bond acceptors (Lipinski definition) is 6. The van der Waals surface area contributed by atoms with Gasteiger partial charge in [-0.05, 0) is 40.8 Å². The van der Waals surface area contributed by atoms with Crippen molar-refractivity contribution in [3.63, 3.8) is 0 Å². The molecule has 21 heavy (non-hydrogen) atoms. The van der Waals surface area contributed by atoms with E-state index in [0.29, 0.717) is 16.6 Å². The van der Waals surface area contributed by atoms with Crippen molar-refractivity contribution in [1.82, 2.24) is 25.2 Å². The lowest BCUT2D eigenvalue weighted by atomic mass is 10.1. The van der Waals surface area contributed by atoms with E-state index in [1.54, 1.807) is 30.1 Å². The summed E-state index contributed by atoms with van der Waals surface area (Å²) in [4.78, 5) is 17.6. The lowest BCUT2D eigenvalue weighted by Gasteiger charge is -2.03. The number of fused-ring (bicyclic) bond motifs is 2. The van der Waals surface area contributed by atoms with Gasteiger partial charge in [-0.2, -0.15) is 0 Å². The summed E-state index contributed by atoms with van der Waals surface area (Å²) in [5, 5.41) is 12.7. The van der Waals surface area contributed by atoms with Gasteiger partial charge in [0.15, 0.2) is 11.3 Å². The zero-order chi connectivity index (χ0) is 14.4. The van der Waals surface area contributed by atoms with Gasteiger partial charge in [-0.15, -0.1) is 16.4 Å². The number of nitrogens with zero attached hydrogens (tertiary/aromatic N) is 5. The molecule has 0 amide bonds. The number of rotatable bonds is 1. The Kier molecular flexibility index (Phi) is 2.55. The summed E-state index contributed by atoms with van der Waals surface area (Å²) >= 11 is 1.51. The van der Waals surface area contributed by atoms with E-state index >= 15 is 0 Å². The van der Waals surface area contributed by atoms with E-state index in [-0.39, 0.29) is 5.43 Å². The maximum absolute atomic E-state index is 12.6. The van der Waals surface area contributed by atoms with Crippen LogP contribution in [0, 0.1) is 0 Å². The Morgan fingerprint density at radius 1 is 1.19 bits per heavy atom. The van der Waals surface area contributed by atoms with Crippen molar-refractivity contribution in [1.29, 1.82) is 0 Å². The standard InChI is InChI=1S/C14H9N5OS/c1-19-13(16-17-18-19)8-4-5-11-10(7-8)12(20)9-3-2-6-15-14(9)21-11/h2-7H,1H3. The lowest BCUT2D eigenvalue weighted by Crippen LogP contribution is -2.02. The second-order valence-electron chi connectivity index (χ2n) is 4.62. The van der Waals surface area contributed by atoms with Crippen LogP contribution in [0.3, 0.4) is 0 Å². The number of hydrogen-bond donors (Lipinski definition) is 0. The molecule has 0 aliphatic heterocycles. The van der Waals surface area contributed by atoms with E-state index in [2.05, 4.69) is 20.5 Å². The van der Waals surface area contributed by atoms with Crippen LogP contribution in [0.1, 0.15) is 0 Å². The molecule has 0 unspecified atom stereocenters. The van der Waals surface area contributed by atoms with Gasteiger partial charge >= 0.3 is 0 Å². The molecular formula is C14H9N5OS. The van der Waals surface area contributed by atoms with Gasteiger partial charge in [-0.1, -0.05) is 0 Å². The minimum Gasteiger partial charge on any atom is -0.288 e. The second kappa shape index (κ2) is 4.42. The van der Waals surface area contributed by atoms with Gasteiger partial charge in [-0.3, -0.25) is 4.79 Å². The van der Waals surface area contributed by atoms with Crippen molar-refractivity contribution in [3.8, 4) is 11.4 Å². The van der Waals surface area contributed by atoms with Gasteiger partial charge in [0, 0.05) is 28.9 Å². The fourth-order valence-corrected chi connectivity index (χ4v) is 3.29. The smallest absolute Gasteiger partial charge is 0.197 e. The van der Waals surface area contributed by atoms with Crippen LogP contribution < -0.4 is 5.43 Å². The lowest BCUT2D eigenvalue weighted by molar-refractivity contribution is 0.715. The highest BCUT2D eigenvalue weighted by molar-refractivity contribution is 7.24. The summed E-state index contributed by atoms with van der Waals surface area (Å²) in [6.07, 6.45) is 1.70. The van der Waals surface area contributed by atoms with Crippen molar-refractivity contribution >= 4 is 31.6 Å². The average Bonchev–Trinajstić information content (AvgIpc) is 2.93. The van der Waals surface area contributed by atoms with Crippen LogP contribution in [0.4, 0.5) is 0 Å². The van der Waals surface area contributed by atoms with Crippen LogP contribution in [-0.4, -0.2) is 25.2 Å². The van der Waals surface area contributed by atoms with E-state index in [1.807, 2.05) is 18.2 Å². The molecule has 4 rings (SSSR count). The first-order chi connectivity index (χ1) is 10.2. The Bertz CT molecular complexity index is 1040. The van der Waals surface area contributed by atoms with Crippen molar-refractivity contribution < 1.29 is 0 Å².